The number of anilines is 1. The zero-order valence-corrected chi connectivity index (χ0v) is 13.0. The van der Waals surface area contributed by atoms with Crippen molar-refractivity contribution in [2.45, 2.75) is 19.9 Å². The molecule has 1 aromatic heterocycles. The Labute approximate surface area is 127 Å². The van der Waals surface area contributed by atoms with Crippen molar-refractivity contribution in [1.82, 2.24) is 5.32 Å². The molecule has 106 valence electrons. The predicted octanol–water partition coefficient (Wildman–Crippen LogP) is 4.11. The molecular formula is C15H17ClN2OS. The minimum Gasteiger partial charge on any atom is -0.398 e. The molecular weight excluding hydrogens is 292 g/mol. The quantitative estimate of drug-likeness (QED) is 0.835. The molecule has 3 N–H and O–H groups in total. The minimum absolute atomic E-state index is 0.0434. The number of thiophene rings is 1. The number of carbonyl (C=O) groups excluding carboxylic acids is 1. The second-order valence-corrected chi connectivity index (χ2v) is 6.30. The van der Waals surface area contributed by atoms with Gasteiger partial charge in [0.15, 0.2) is 0 Å². The van der Waals surface area contributed by atoms with E-state index in [1.807, 2.05) is 17.5 Å². The average molecular weight is 309 g/mol. The number of halogens is 1. The van der Waals surface area contributed by atoms with Crippen molar-refractivity contribution in [3.8, 4) is 0 Å². The fraction of sp³-hybridized carbons (Fsp3) is 0.267. The highest BCUT2D eigenvalue weighted by molar-refractivity contribution is 7.10. The number of nitrogen functional groups attached to an aromatic ring is 1. The van der Waals surface area contributed by atoms with E-state index in [9.17, 15) is 4.79 Å². The van der Waals surface area contributed by atoms with Gasteiger partial charge in [-0.2, -0.15) is 0 Å². The highest BCUT2D eigenvalue weighted by Crippen LogP contribution is 2.28. The number of nitrogens with one attached hydrogen (secondary N) is 1. The largest absolute Gasteiger partial charge is 0.398 e. The van der Waals surface area contributed by atoms with Crippen molar-refractivity contribution in [3.63, 3.8) is 0 Å². The molecule has 1 atom stereocenters. The molecule has 0 saturated heterocycles. The fourth-order valence-corrected chi connectivity index (χ4v) is 3.25. The zero-order valence-electron chi connectivity index (χ0n) is 11.4. The van der Waals surface area contributed by atoms with Gasteiger partial charge in [-0.15, -0.1) is 11.3 Å². The molecule has 1 unspecified atom stereocenters. The lowest BCUT2D eigenvalue weighted by Gasteiger charge is -2.22. The number of nitrogens with two attached hydrogens (primary N) is 1. The van der Waals surface area contributed by atoms with Crippen molar-refractivity contribution < 1.29 is 4.79 Å². The van der Waals surface area contributed by atoms with Crippen LogP contribution in [0.4, 0.5) is 5.69 Å². The number of benzene rings is 1. The molecule has 1 heterocycles. The van der Waals surface area contributed by atoms with Crippen LogP contribution in [0.5, 0.6) is 0 Å². The van der Waals surface area contributed by atoms with Crippen molar-refractivity contribution >= 4 is 34.5 Å². The Morgan fingerprint density at radius 3 is 2.60 bits per heavy atom. The van der Waals surface area contributed by atoms with E-state index in [1.165, 1.54) is 0 Å². The molecule has 0 spiro atoms. The van der Waals surface area contributed by atoms with E-state index in [0.717, 1.165) is 4.88 Å². The summed E-state index contributed by atoms with van der Waals surface area (Å²) in [4.78, 5) is 13.5. The first-order chi connectivity index (χ1) is 9.50. The molecule has 20 heavy (non-hydrogen) atoms. The minimum atomic E-state index is -0.236. The normalized spacial score (nSPS) is 12.4. The molecule has 2 rings (SSSR count). The SMILES string of the molecule is CC(C)C(NC(=O)c1c(N)cccc1Cl)c1cccs1. The van der Waals surface area contributed by atoms with Gasteiger partial charge in [0.2, 0.25) is 0 Å². The van der Waals surface area contributed by atoms with Crippen molar-refractivity contribution in [2.24, 2.45) is 5.92 Å². The Balaban J connectivity index is 2.26. The number of amides is 1. The van der Waals surface area contributed by atoms with Crippen LogP contribution in [0, 0.1) is 5.92 Å². The summed E-state index contributed by atoms with van der Waals surface area (Å²) in [7, 11) is 0. The van der Waals surface area contributed by atoms with Crippen LogP contribution in [-0.4, -0.2) is 5.91 Å². The summed E-state index contributed by atoms with van der Waals surface area (Å²) in [6, 6.07) is 9.03. The van der Waals surface area contributed by atoms with Crippen molar-refractivity contribution in [1.29, 1.82) is 0 Å². The Morgan fingerprint density at radius 1 is 1.30 bits per heavy atom. The van der Waals surface area contributed by atoms with Crippen molar-refractivity contribution in [3.05, 3.63) is 51.2 Å². The Hall–Kier alpha value is -1.52. The maximum atomic E-state index is 12.4. The lowest BCUT2D eigenvalue weighted by atomic mass is 10.0. The lowest BCUT2D eigenvalue weighted by Crippen LogP contribution is -2.31. The molecule has 0 aliphatic heterocycles. The lowest BCUT2D eigenvalue weighted by molar-refractivity contribution is 0.0927. The maximum absolute atomic E-state index is 12.4. The standard InChI is InChI=1S/C15H17ClN2OS/c1-9(2)14(12-7-4-8-20-12)18-15(19)13-10(16)5-3-6-11(13)17/h3-9,14H,17H2,1-2H3,(H,18,19). The van der Waals surface area contributed by atoms with Gasteiger partial charge in [-0.25, -0.2) is 0 Å². The predicted molar refractivity (Wildman–Crippen MR) is 85.2 cm³/mol. The molecule has 0 aliphatic carbocycles. The van der Waals surface area contributed by atoms with Crippen molar-refractivity contribution in [2.75, 3.05) is 5.73 Å². The monoisotopic (exact) mass is 308 g/mol. The maximum Gasteiger partial charge on any atom is 0.255 e. The van der Waals surface area contributed by atoms with E-state index in [0.29, 0.717) is 16.3 Å². The molecule has 0 aliphatic rings. The van der Waals surface area contributed by atoms with Crippen LogP contribution in [0.2, 0.25) is 5.02 Å². The molecule has 0 radical (unpaired) electrons. The molecule has 3 nitrogen and oxygen atoms in total. The summed E-state index contributed by atoms with van der Waals surface area (Å²) in [5.74, 6) is 0.0431. The summed E-state index contributed by atoms with van der Waals surface area (Å²) < 4.78 is 0. The summed E-state index contributed by atoms with van der Waals surface area (Å²) in [6.45, 7) is 4.14. The fourth-order valence-electron chi connectivity index (χ4n) is 2.03. The molecule has 2 aromatic rings. The van der Waals surface area contributed by atoms with E-state index < -0.39 is 0 Å². The van der Waals surface area contributed by atoms with Gasteiger partial charge in [0.25, 0.3) is 5.91 Å². The summed E-state index contributed by atoms with van der Waals surface area (Å²) in [5, 5.41) is 5.40. The molecule has 5 heteroatoms. The third-order valence-corrected chi connectivity index (χ3v) is 4.35. The Bertz CT molecular complexity index is 576. The van der Waals surface area contributed by atoms with Crippen LogP contribution >= 0.6 is 22.9 Å². The molecule has 0 bridgehead atoms. The molecule has 1 aromatic carbocycles. The molecule has 0 saturated carbocycles. The van der Waals surface area contributed by atoms with Gasteiger partial charge in [-0.1, -0.05) is 37.6 Å². The third kappa shape index (κ3) is 3.14. The van der Waals surface area contributed by atoms with Crippen LogP contribution in [0.15, 0.2) is 35.7 Å². The second-order valence-electron chi connectivity index (χ2n) is 4.91. The van der Waals surface area contributed by atoms with Gasteiger partial charge in [0.1, 0.15) is 0 Å². The number of carbonyl (C=O) groups is 1. The summed E-state index contributed by atoms with van der Waals surface area (Å²) in [5.41, 5.74) is 6.59. The summed E-state index contributed by atoms with van der Waals surface area (Å²) >= 11 is 7.70. The van der Waals surface area contributed by atoms with E-state index in [4.69, 9.17) is 17.3 Å². The van der Waals surface area contributed by atoms with Crippen LogP contribution in [0.1, 0.15) is 35.1 Å². The number of rotatable bonds is 4. The van der Waals surface area contributed by atoms with Gasteiger partial charge in [-0.05, 0) is 29.5 Å². The van der Waals surface area contributed by atoms with Gasteiger partial charge >= 0.3 is 0 Å². The second kappa shape index (κ2) is 6.29. The smallest absolute Gasteiger partial charge is 0.255 e. The van der Waals surface area contributed by atoms with Gasteiger partial charge < -0.3 is 11.1 Å². The van der Waals surface area contributed by atoms with Gasteiger partial charge in [0.05, 0.1) is 16.6 Å². The first-order valence-corrected chi connectivity index (χ1v) is 7.64. The highest BCUT2D eigenvalue weighted by atomic mass is 35.5. The van der Waals surface area contributed by atoms with E-state index in [-0.39, 0.29) is 17.9 Å². The molecule has 1 amide bonds. The van der Waals surface area contributed by atoms with Crippen LogP contribution in [0.3, 0.4) is 0 Å². The highest BCUT2D eigenvalue weighted by Gasteiger charge is 2.22. The van der Waals surface area contributed by atoms with E-state index in [1.54, 1.807) is 29.5 Å². The Kier molecular flexibility index (Phi) is 4.68. The van der Waals surface area contributed by atoms with Crippen LogP contribution < -0.4 is 11.1 Å². The summed E-state index contributed by atoms with van der Waals surface area (Å²) in [6.07, 6.45) is 0. The first kappa shape index (κ1) is 14.9. The number of hydrogen-bond donors (Lipinski definition) is 2. The van der Waals surface area contributed by atoms with E-state index in [2.05, 4.69) is 19.2 Å². The van der Waals surface area contributed by atoms with Gasteiger partial charge in [-0.3, -0.25) is 4.79 Å². The molecule has 0 fully saturated rings. The van der Waals surface area contributed by atoms with Crippen LogP contribution in [-0.2, 0) is 0 Å². The average Bonchev–Trinajstić information content (AvgIpc) is 2.88. The number of hydrogen-bond acceptors (Lipinski definition) is 3. The Morgan fingerprint density at radius 2 is 2.05 bits per heavy atom. The topological polar surface area (TPSA) is 55.1 Å². The third-order valence-electron chi connectivity index (χ3n) is 3.08. The first-order valence-electron chi connectivity index (χ1n) is 6.39. The van der Waals surface area contributed by atoms with Gasteiger partial charge in [0, 0.05) is 10.6 Å². The van der Waals surface area contributed by atoms with Crippen LogP contribution in [0.25, 0.3) is 0 Å². The zero-order chi connectivity index (χ0) is 14.7. The van der Waals surface area contributed by atoms with E-state index >= 15 is 0 Å².